The number of piperidine rings is 1. The molecule has 1 fully saturated rings. The lowest BCUT2D eigenvalue weighted by Gasteiger charge is -2.39. The molecule has 1 aromatic heterocycles. The van der Waals surface area contributed by atoms with E-state index in [9.17, 15) is 0 Å². The second-order valence-corrected chi connectivity index (χ2v) is 6.00. The second-order valence-electron chi connectivity index (χ2n) is 6.00. The Balaban J connectivity index is 2.01. The molecule has 1 aromatic carbocycles. The number of para-hydroxylation sites is 1. The normalized spacial score (nSPS) is 23.2. The molecule has 20 heavy (non-hydrogen) atoms. The molecular weight excluding hydrogens is 246 g/mol. The van der Waals surface area contributed by atoms with Crippen molar-refractivity contribution in [3.8, 4) is 0 Å². The maximum atomic E-state index is 5.87. The summed E-state index contributed by atoms with van der Waals surface area (Å²) in [5, 5.41) is 1.22. The fraction of sp³-hybridized carbons (Fsp3) is 0.471. The number of rotatable bonds is 2. The van der Waals surface area contributed by atoms with E-state index in [1.165, 1.54) is 23.8 Å². The highest BCUT2D eigenvalue weighted by Gasteiger charge is 2.26. The minimum Gasteiger partial charge on any atom is -0.353 e. The van der Waals surface area contributed by atoms with Gasteiger partial charge in [-0.3, -0.25) is 0 Å². The van der Waals surface area contributed by atoms with Crippen LogP contribution < -0.4 is 10.6 Å². The number of aryl methyl sites for hydroxylation is 1. The van der Waals surface area contributed by atoms with Crippen molar-refractivity contribution in [2.24, 2.45) is 11.7 Å². The van der Waals surface area contributed by atoms with Crippen molar-refractivity contribution in [2.45, 2.75) is 32.7 Å². The van der Waals surface area contributed by atoms with Crippen LogP contribution in [0.3, 0.4) is 0 Å². The number of fused-ring (bicyclic) bond motifs is 1. The number of pyridine rings is 1. The van der Waals surface area contributed by atoms with Crippen molar-refractivity contribution in [3.05, 3.63) is 35.9 Å². The summed E-state index contributed by atoms with van der Waals surface area (Å²) in [5.41, 5.74) is 8.21. The maximum Gasteiger partial charge on any atom is 0.132 e. The van der Waals surface area contributed by atoms with Crippen LogP contribution in [0.4, 0.5) is 5.82 Å². The van der Waals surface area contributed by atoms with E-state index in [0.717, 1.165) is 24.4 Å². The zero-order valence-corrected chi connectivity index (χ0v) is 12.3. The van der Waals surface area contributed by atoms with Crippen LogP contribution in [-0.4, -0.2) is 24.1 Å². The summed E-state index contributed by atoms with van der Waals surface area (Å²) < 4.78 is 0. The van der Waals surface area contributed by atoms with E-state index in [1.54, 1.807) is 0 Å². The Labute approximate surface area is 120 Å². The van der Waals surface area contributed by atoms with Crippen molar-refractivity contribution in [1.29, 1.82) is 0 Å². The van der Waals surface area contributed by atoms with Gasteiger partial charge in [-0.05, 0) is 56.8 Å². The Hall–Kier alpha value is -1.61. The third-order valence-electron chi connectivity index (χ3n) is 4.47. The summed E-state index contributed by atoms with van der Waals surface area (Å²) in [6.45, 7) is 6.26. The van der Waals surface area contributed by atoms with Gasteiger partial charge in [0.15, 0.2) is 0 Å². The van der Waals surface area contributed by atoms with Crippen molar-refractivity contribution < 1.29 is 0 Å². The van der Waals surface area contributed by atoms with Crippen molar-refractivity contribution in [2.75, 3.05) is 18.0 Å². The summed E-state index contributed by atoms with van der Waals surface area (Å²) in [7, 11) is 0. The monoisotopic (exact) mass is 269 g/mol. The van der Waals surface area contributed by atoms with Crippen molar-refractivity contribution >= 4 is 16.7 Å². The van der Waals surface area contributed by atoms with Gasteiger partial charge in [0.25, 0.3) is 0 Å². The summed E-state index contributed by atoms with van der Waals surface area (Å²) in [6, 6.07) is 11.1. The van der Waals surface area contributed by atoms with E-state index in [-0.39, 0.29) is 0 Å². The van der Waals surface area contributed by atoms with Crippen LogP contribution in [0, 0.1) is 12.8 Å². The van der Waals surface area contributed by atoms with Gasteiger partial charge in [0.05, 0.1) is 5.52 Å². The molecule has 0 amide bonds. The summed E-state index contributed by atoms with van der Waals surface area (Å²) in [5.74, 6) is 1.73. The van der Waals surface area contributed by atoms with Crippen LogP contribution in [0.25, 0.3) is 10.9 Å². The molecule has 2 aromatic rings. The molecule has 3 heteroatoms. The van der Waals surface area contributed by atoms with E-state index in [1.807, 2.05) is 0 Å². The standard InChI is InChI=1S/C17H23N3/c1-12-9-15-5-3-4-6-16(15)19-17(12)20-11-14(10-18)8-7-13(20)2/h3-6,9,13-14H,7-8,10-11,18H2,1-2H3. The number of anilines is 1. The Kier molecular flexibility index (Phi) is 3.62. The molecule has 0 bridgehead atoms. The lowest BCUT2D eigenvalue weighted by Crippen LogP contribution is -2.44. The summed E-state index contributed by atoms with van der Waals surface area (Å²) in [6.07, 6.45) is 2.44. The topological polar surface area (TPSA) is 42.2 Å². The average Bonchev–Trinajstić information content (AvgIpc) is 2.47. The fourth-order valence-corrected chi connectivity index (χ4v) is 3.17. The molecule has 3 rings (SSSR count). The smallest absolute Gasteiger partial charge is 0.132 e. The van der Waals surface area contributed by atoms with E-state index in [0.29, 0.717) is 12.0 Å². The number of hydrogen-bond acceptors (Lipinski definition) is 3. The molecule has 3 nitrogen and oxygen atoms in total. The Bertz CT molecular complexity index is 608. The van der Waals surface area contributed by atoms with Gasteiger partial charge in [-0.2, -0.15) is 0 Å². The molecule has 2 N–H and O–H groups in total. The van der Waals surface area contributed by atoms with Crippen LogP contribution in [0.2, 0.25) is 0 Å². The number of nitrogens with zero attached hydrogens (tertiary/aromatic N) is 2. The molecule has 0 spiro atoms. The predicted octanol–water partition coefficient (Wildman–Crippen LogP) is 3.11. The first-order chi connectivity index (χ1) is 9.69. The highest BCUT2D eigenvalue weighted by Crippen LogP contribution is 2.30. The molecule has 0 saturated carbocycles. The largest absolute Gasteiger partial charge is 0.353 e. The van der Waals surface area contributed by atoms with Gasteiger partial charge >= 0.3 is 0 Å². The third-order valence-corrected chi connectivity index (χ3v) is 4.47. The van der Waals surface area contributed by atoms with Crippen LogP contribution in [0.5, 0.6) is 0 Å². The van der Waals surface area contributed by atoms with Gasteiger partial charge < -0.3 is 10.6 Å². The molecule has 2 unspecified atom stereocenters. The maximum absolute atomic E-state index is 5.87. The fourth-order valence-electron chi connectivity index (χ4n) is 3.17. The van der Waals surface area contributed by atoms with Gasteiger partial charge in [-0.25, -0.2) is 4.98 Å². The molecule has 0 radical (unpaired) electrons. The third kappa shape index (κ3) is 2.38. The molecule has 1 aliphatic rings. The summed E-state index contributed by atoms with van der Waals surface area (Å²) in [4.78, 5) is 7.35. The van der Waals surface area contributed by atoms with Crippen molar-refractivity contribution in [3.63, 3.8) is 0 Å². The zero-order chi connectivity index (χ0) is 14.1. The minimum absolute atomic E-state index is 0.546. The van der Waals surface area contributed by atoms with Gasteiger partial charge in [-0.1, -0.05) is 18.2 Å². The number of benzene rings is 1. The molecule has 2 heterocycles. The number of hydrogen-bond donors (Lipinski definition) is 1. The van der Waals surface area contributed by atoms with E-state index in [2.05, 4.69) is 49.1 Å². The Morgan fingerprint density at radius 1 is 1.30 bits per heavy atom. The quantitative estimate of drug-likeness (QED) is 0.911. The number of nitrogens with two attached hydrogens (primary N) is 1. The van der Waals surface area contributed by atoms with Crippen LogP contribution >= 0.6 is 0 Å². The van der Waals surface area contributed by atoms with E-state index < -0.39 is 0 Å². The van der Waals surface area contributed by atoms with Gasteiger partial charge in [0.2, 0.25) is 0 Å². The molecule has 1 saturated heterocycles. The van der Waals surface area contributed by atoms with Gasteiger partial charge in [-0.15, -0.1) is 0 Å². The predicted molar refractivity (Wildman–Crippen MR) is 85.1 cm³/mol. The van der Waals surface area contributed by atoms with Crippen molar-refractivity contribution in [1.82, 2.24) is 4.98 Å². The molecule has 106 valence electrons. The van der Waals surface area contributed by atoms with Crippen LogP contribution in [0.1, 0.15) is 25.3 Å². The molecule has 2 atom stereocenters. The average molecular weight is 269 g/mol. The first-order valence-corrected chi connectivity index (χ1v) is 7.52. The Morgan fingerprint density at radius 2 is 2.10 bits per heavy atom. The van der Waals surface area contributed by atoms with Crippen LogP contribution in [0.15, 0.2) is 30.3 Å². The first kappa shape index (κ1) is 13.4. The molecule has 0 aliphatic carbocycles. The number of aromatic nitrogens is 1. The molecule has 1 aliphatic heterocycles. The van der Waals surface area contributed by atoms with Gasteiger partial charge in [0.1, 0.15) is 5.82 Å². The second kappa shape index (κ2) is 5.41. The minimum atomic E-state index is 0.546. The lowest BCUT2D eigenvalue weighted by atomic mass is 9.93. The lowest BCUT2D eigenvalue weighted by molar-refractivity contribution is 0.371. The zero-order valence-electron chi connectivity index (χ0n) is 12.3. The molecular formula is C17H23N3. The Morgan fingerprint density at radius 3 is 2.90 bits per heavy atom. The van der Waals surface area contributed by atoms with E-state index >= 15 is 0 Å². The highest BCUT2D eigenvalue weighted by molar-refractivity contribution is 5.81. The summed E-state index contributed by atoms with van der Waals surface area (Å²) >= 11 is 0. The van der Waals surface area contributed by atoms with Gasteiger partial charge in [0, 0.05) is 18.0 Å². The van der Waals surface area contributed by atoms with Crippen LogP contribution in [-0.2, 0) is 0 Å². The SMILES string of the molecule is Cc1cc2ccccc2nc1N1CC(CN)CCC1C. The first-order valence-electron chi connectivity index (χ1n) is 7.52. The highest BCUT2D eigenvalue weighted by atomic mass is 15.2. The van der Waals surface area contributed by atoms with E-state index in [4.69, 9.17) is 10.7 Å².